The summed E-state index contributed by atoms with van der Waals surface area (Å²) < 4.78 is 0. The maximum absolute atomic E-state index is 13.2. The van der Waals surface area contributed by atoms with Crippen molar-refractivity contribution < 1.29 is 4.79 Å². The Balaban J connectivity index is 1.60. The summed E-state index contributed by atoms with van der Waals surface area (Å²) in [5.74, 6) is 0.771. The Morgan fingerprint density at radius 1 is 0.917 bits per heavy atom. The fourth-order valence-corrected chi connectivity index (χ4v) is 3.68. The molecule has 3 nitrogen and oxygen atoms in total. The molecule has 2 atom stereocenters. The van der Waals surface area contributed by atoms with Gasteiger partial charge in [0.25, 0.3) is 0 Å². The number of fused-ring (bicyclic) bond motifs is 2. The Morgan fingerprint density at radius 3 is 2.38 bits per heavy atom. The summed E-state index contributed by atoms with van der Waals surface area (Å²) >= 11 is 0. The lowest BCUT2D eigenvalue weighted by molar-refractivity contribution is -0.135. The van der Waals surface area contributed by atoms with Gasteiger partial charge in [0.2, 0.25) is 5.91 Å². The van der Waals surface area contributed by atoms with E-state index in [9.17, 15) is 4.79 Å². The normalized spacial score (nSPS) is 23.2. The highest BCUT2D eigenvalue weighted by atomic mass is 16.2. The lowest BCUT2D eigenvalue weighted by Crippen LogP contribution is -2.49. The summed E-state index contributed by atoms with van der Waals surface area (Å²) in [6, 6.07) is 20.5. The Labute approximate surface area is 143 Å². The smallest absolute Gasteiger partial charge is 0.244 e. The van der Waals surface area contributed by atoms with Crippen LogP contribution in [0, 0.1) is 11.8 Å². The molecule has 1 saturated heterocycles. The van der Waals surface area contributed by atoms with Crippen molar-refractivity contribution in [1.82, 2.24) is 5.01 Å². The number of carbonyl (C=O) groups excluding carboxylic acids is 1. The zero-order chi connectivity index (χ0) is 16.4. The molecule has 2 aliphatic rings. The second-order valence-electron chi connectivity index (χ2n) is 6.67. The van der Waals surface area contributed by atoms with Crippen LogP contribution in [0.1, 0.15) is 18.4 Å². The second-order valence-corrected chi connectivity index (χ2v) is 6.67. The molecule has 2 bridgehead atoms. The Bertz CT molecular complexity index is 726. The van der Waals surface area contributed by atoms with Crippen LogP contribution in [-0.4, -0.2) is 17.5 Å². The van der Waals surface area contributed by atoms with Gasteiger partial charge < -0.3 is 0 Å². The van der Waals surface area contributed by atoms with E-state index in [-0.39, 0.29) is 11.8 Å². The van der Waals surface area contributed by atoms with Gasteiger partial charge in [-0.3, -0.25) is 9.80 Å². The predicted molar refractivity (Wildman–Crippen MR) is 96.1 cm³/mol. The van der Waals surface area contributed by atoms with E-state index in [0.717, 1.165) is 31.5 Å². The molecule has 2 heterocycles. The lowest BCUT2D eigenvalue weighted by Gasteiger charge is -2.38. The summed E-state index contributed by atoms with van der Waals surface area (Å²) in [4.78, 5) is 13.2. The standard InChI is InChI=1S/C21H22N2O/c24-21-19(15-17-7-3-1-4-8-17)12-11-18-13-14-22(23(21)16-18)20-9-5-2-6-10-20/h1-10,13-14,18-19H,11-12,15-16H2/t18-,19+/m0/s1. The van der Waals surface area contributed by atoms with Gasteiger partial charge in [0.15, 0.2) is 0 Å². The number of benzene rings is 2. The Hall–Kier alpha value is -2.55. The third kappa shape index (κ3) is 2.94. The molecule has 0 aliphatic carbocycles. The highest BCUT2D eigenvalue weighted by molar-refractivity contribution is 5.82. The van der Waals surface area contributed by atoms with E-state index < -0.39 is 0 Å². The maximum atomic E-state index is 13.2. The highest BCUT2D eigenvalue weighted by Gasteiger charge is 2.35. The van der Waals surface area contributed by atoms with Crippen LogP contribution in [0.15, 0.2) is 72.9 Å². The molecule has 2 aliphatic heterocycles. The molecule has 0 radical (unpaired) electrons. The summed E-state index contributed by atoms with van der Waals surface area (Å²) in [5, 5.41) is 3.96. The zero-order valence-corrected chi connectivity index (χ0v) is 13.7. The fourth-order valence-electron chi connectivity index (χ4n) is 3.68. The highest BCUT2D eigenvalue weighted by Crippen LogP contribution is 2.32. The number of para-hydroxylation sites is 1. The minimum atomic E-state index is 0.0588. The molecular formula is C21H22N2O. The molecule has 1 fully saturated rings. The number of anilines is 1. The van der Waals surface area contributed by atoms with Gasteiger partial charge in [-0.15, -0.1) is 0 Å². The number of hydrogen-bond donors (Lipinski definition) is 0. The third-order valence-corrected chi connectivity index (χ3v) is 5.00. The van der Waals surface area contributed by atoms with Crippen LogP contribution in [0.2, 0.25) is 0 Å². The number of hydrazine groups is 1. The van der Waals surface area contributed by atoms with Gasteiger partial charge in [-0.05, 0) is 42.9 Å². The number of carbonyl (C=O) groups is 1. The lowest BCUT2D eigenvalue weighted by atomic mass is 9.92. The van der Waals surface area contributed by atoms with E-state index in [2.05, 4.69) is 36.5 Å². The van der Waals surface area contributed by atoms with Gasteiger partial charge >= 0.3 is 0 Å². The first-order valence-corrected chi connectivity index (χ1v) is 8.69. The largest absolute Gasteiger partial charge is 0.273 e. The van der Waals surface area contributed by atoms with Gasteiger partial charge in [0, 0.05) is 18.7 Å². The first kappa shape index (κ1) is 15.0. The van der Waals surface area contributed by atoms with E-state index in [4.69, 9.17) is 0 Å². The van der Waals surface area contributed by atoms with Crippen molar-refractivity contribution >= 4 is 11.6 Å². The molecule has 2 aromatic carbocycles. The minimum absolute atomic E-state index is 0.0588. The van der Waals surface area contributed by atoms with Crippen LogP contribution in [0.25, 0.3) is 0 Å². The van der Waals surface area contributed by atoms with Gasteiger partial charge in [-0.2, -0.15) is 0 Å². The molecule has 0 N–H and O–H groups in total. The zero-order valence-electron chi connectivity index (χ0n) is 13.7. The third-order valence-electron chi connectivity index (χ3n) is 5.00. The quantitative estimate of drug-likeness (QED) is 0.853. The monoisotopic (exact) mass is 318 g/mol. The first-order chi connectivity index (χ1) is 11.8. The van der Waals surface area contributed by atoms with Crippen molar-refractivity contribution in [2.75, 3.05) is 11.6 Å². The topological polar surface area (TPSA) is 23.6 Å². The van der Waals surface area contributed by atoms with Crippen molar-refractivity contribution in [2.45, 2.75) is 19.3 Å². The van der Waals surface area contributed by atoms with E-state index in [1.165, 1.54) is 5.56 Å². The number of hydrogen-bond acceptors (Lipinski definition) is 2. The average molecular weight is 318 g/mol. The van der Waals surface area contributed by atoms with Crippen LogP contribution < -0.4 is 5.01 Å². The molecule has 3 heteroatoms. The van der Waals surface area contributed by atoms with Crippen LogP contribution >= 0.6 is 0 Å². The summed E-state index contributed by atoms with van der Waals surface area (Å²) in [7, 11) is 0. The molecule has 4 rings (SSSR count). The summed E-state index contributed by atoms with van der Waals surface area (Å²) in [6.45, 7) is 0.787. The molecule has 0 unspecified atom stereocenters. The van der Waals surface area contributed by atoms with Crippen molar-refractivity contribution in [2.24, 2.45) is 11.8 Å². The van der Waals surface area contributed by atoms with E-state index in [0.29, 0.717) is 5.92 Å². The van der Waals surface area contributed by atoms with E-state index in [1.807, 2.05) is 46.4 Å². The van der Waals surface area contributed by atoms with E-state index >= 15 is 0 Å². The molecule has 0 saturated carbocycles. The summed E-state index contributed by atoms with van der Waals surface area (Å²) in [5.41, 5.74) is 2.29. The Morgan fingerprint density at radius 2 is 1.62 bits per heavy atom. The number of nitrogens with zero attached hydrogens (tertiary/aromatic N) is 2. The van der Waals surface area contributed by atoms with Gasteiger partial charge in [-0.1, -0.05) is 54.6 Å². The van der Waals surface area contributed by atoms with Crippen LogP contribution in [0.3, 0.4) is 0 Å². The van der Waals surface area contributed by atoms with Gasteiger partial charge in [-0.25, -0.2) is 5.01 Å². The molecule has 0 spiro atoms. The van der Waals surface area contributed by atoms with Crippen molar-refractivity contribution in [3.8, 4) is 0 Å². The molecule has 1 amide bonds. The first-order valence-electron chi connectivity index (χ1n) is 8.69. The van der Waals surface area contributed by atoms with Crippen molar-refractivity contribution in [1.29, 1.82) is 0 Å². The minimum Gasteiger partial charge on any atom is -0.273 e. The molecule has 122 valence electrons. The van der Waals surface area contributed by atoms with Crippen LogP contribution in [0.5, 0.6) is 0 Å². The predicted octanol–water partition coefficient (Wildman–Crippen LogP) is 4.03. The molecular weight excluding hydrogens is 296 g/mol. The van der Waals surface area contributed by atoms with Crippen molar-refractivity contribution in [3.63, 3.8) is 0 Å². The molecule has 24 heavy (non-hydrogen) atoms. The second kappa shape index (κ2) is 6.52. The average Bonchev–Trinajstić information content (AvgIpc) is 2.76. The fraction of sp³-hybridized carbons (Fsp3) is 0.286. The molecule has 2 aromatic rings. The van der Waals surface area contributed by atoms with Gasteiger partial charge in [0.05, 0.1) is 5.69 Å². The van der Waals surface area contributed by atoms with Crippen LogP contribution in [-0.2, 0) is 11.2 Å². The van der Waals surface area contributed by atoms with Crippen molar-refractivity contribution in [3.05, 3.63) is 78.5 Å². The van der Waals surface area contributed by atoms with Crippen LogP contribution in [0.4, 0.5) is 5.69 Å². The maximum Gasteiger partial charge on any atom is 0.244 e. The number of rotatable bonds is 3. The van der Waals surface area contributed by atoms with Gasteiger partial charge in [0.1, 0.15) is 0 Å². The molecule has 0 aromatic heterocycles. The summed E-state index contributed by atoms with van der Waals surface area (Å²) in [6.07, 6.45) is 7.18. The Kier molecular flexibility index (Phi) is 4.08. The van der Waals surface area contributed by atoms with E-state index in [1.54, 1.807) is 0 Å². The SMILES string of the molecule is O=C1[C@@H](Cc2ccccc2)CC[C@H]2C=CN(c3ccccc3)N1C2. The number of amides is 1.